The molecule has 0 unspecified atom stereocenters. The predicted octanol–water partition coefficient (Wildman–Crippen LogP) is 3.11. The van der Waals surface area contributed by atoms with Crippen LogP contribution >= 0.6 is 0 Å². The maximum Gasteiger partial charge on any atom is 0.322 e. The van der Waals surface area contributed by atoms with E-state index in [1.54, 1.807) is 12.1 Å². The third-order valence-electron chi connectivity index (χ3n) is 4.46. The van der Waals surface area contributed by atoms with Crippen LogP contribution in [0.2, 0.25) is 0 Å². The fourth-order valence-electron chi connectivity index (χ4n) is 3.19. The van der Waals surface area contributed by atoms with Gasteiger partial charge in [-0.3, -0.25) is 4.79 Å². The highest BCUT2D eigenvalue weighted by atomic mass is 32.2. The molecule has 0 radical (unpaired) electrons. The SMILES string of the molecule is Cc1ccc(S(=O)(=O)N2[C@@H](C(=O)O)CC[C@H]2c2ccc(F)cc2)cc1. The van der Waals surface area contributed by atoms with Gasteiger partial charge in [0, 0.05) is 0 Å². The lowest BCUT2D eigenvalue weighted by atomic mass is 10.1. The van der Waals surface area contributed by atoms with Crippen molar-refractivity contribution in [1.82, 2.24) is 4.31 Å². The molecule has 1 saturated heterocycles. The molecule has 1 aliphatic heterocycles. The van der Waals surface area contributed by atoms with Crippen LogP contribution in [-0.2, 0) is 14.8 Å². The van der Waals surface area contributed by atoms with Crippen LogP contribution < -0.4 is 0 Å². The lowest BCUT2D eigenvalue weighted by Crippen LogP contribution is -2.41. The van der Waals surface area contributed by atoms with Gasteiger partial charge in [-0.1, -0.05) is 29.8 Å². The van der Waals surface area contributed by atoms with E-state index in [1.807, 2.05) is 6.92 Å². The minimum Gasteiger partial charge on any atom is -0.480 e. The number of aliphatic carboxylic acids is 1. The van der Waals surface area contributed by atoms with E-state index in [-0.39, 0.29) is 11.3 Å². The summed E-state index contributed by atoms with van der Waals surface area (Å²) in [5, 5.41) is 9.48. The van der Waals surface area contributed by atoms with Crippen LogP contribution in [0.15, 0.2) is 53.4 Å². The van der Waals surface area contributed by atoms with Gasteiger partial charge in [0.1, 0.15) is 11.9 Å². The Morgan fingerprint density at radius 2 is 1.68 bits per heavy atom. The van der Waals surface area contributed by atoms with Crippen molar-refractivity contribution in [3.05, 3.63) is 65.5 Å². The van der Waals surface area contributed by atoms with Gasteiger partial charge in [-0.15, -0.1) is 0 Å². The van der Waals surface area contributed by atoms with Gasteiger partial charge in [-0.05, 0) is 49.6 Å². The Balaban J connectivity index is 2.07. The fourth-order valence-corrected chi connectivity index (χ4v) is 5.00. The molecule has 1 heterocycles. The Labute approximate surface area is 145 Å². The smallest absolute Gasteiger partial charge is 0.322 e. The van der Waals surface area contributed by atoms with Crippen molar-refractivity contribution < 1.29 is 22.7 Å². The first-order valence-corrected chi connectivity index (χ1v) is 9.33. The van der Waals surface area contributed by atoms with Crippen molar-refractivity contribution in [3.63, 3.8) is 0 Å². The van der Waals surface area contributed by atoms with Crippen molar-refractivity contribution in [2.45, 2.75) is 36.7 Å². The summed E-state index contributed by atoms with van der Waals surface area (Å²) in [6, 6.07) is 10.0. The number of rotatable bonds is 4. The van der Waals surface area contributed by atoms with E-state index in [0.717, 1.165) is 9.87 Å². The Morgan fingerprint density at radius 1 is 1.08 bits per heavy atom. The lowest BCUT2D eigenvalue weighted by Gasteiger charge is -2.27. The second-order valence-corrected chi connectivity index (χ2v) is 7.99. The number of sulfonamides is 1. The summed E-state index contributed by atoms with van der Waals surface area (Å²) in [5.41, 5.74) is 1.49. The first-order chi connectivity index (χ1) is 11.8. The first-order valence-electron chi connectivity index (χ1n) is 7.89. The molecule has 5 nitrogen and oxygen atoms in total. The third kappa shape index (κ3) is 3.29. The van der Waals surface area contributed by atoms with Crippen molar-refractivity contribution in [2.24, 2.45) is 0 Å². The minimum atomic E-state index is -4.00. The maximum atomic E-state index is 13.2. The van der Waals surface area contributed by atoms with Gasteiger partial charge in [-0.2, -0.15) is 4.31 Å². The molecule has 0 aromatic heterocycles. The quantitative estimate of drug-likeness (QED) is 0.906. The zero-order chi connectivity index (χ0) is 18.2. The molecule has 0 saturated carbocycles. The minimum absolute atomic E-state index is 0.0540. The van der Waals surface area contributed by atoms with Gasteiger partial charge < -0.3 is 5.11 Å². The van der Waals surface area contributed by atoms with E-state index in [1.165, 1.54) is 36.4 Å². The Morgan fingerprint density at radius 3 is 2.24 bits per heavy atom. The van der Waals surface area contributed by atoms with Crippen molar-refractivity contribution in [1.29, 1.82) is 0 Å². The van der Waals surface area contributed by atoms with Gasteiger partial charge in [-0.25, -0.2) is 12.8 Å². The summed E-state index contributed by atoms with van der Waals surface area (Å²) >= 11 is 0. The lowest BCUT2D eigenvalue weighted by molar-refractivity contribution is -0.140. The molecular formula is C18H18FNO4S. The van der Waals surface area contributed by atoms with Crippen LogP contribution in [0.25, 0.3) is 0 Å². The van der Waals surface area contributed by atoms with Gasteiger partial charge in [0.25, 0.3) is 0 Å². The Bertz CT molecular complexity index is 878. The zero-order valence-electron chi connectivity index (χ0n) is 13.6. The molecular weight excluding hydrogens is 345 g/mol. The normalized spacial score (nSPS) is 21.4. The average Bonchev–Trinajstić information content (AvgIpc) is 3.02. The zero-order valence-corrected chi connectivity index (χ0v) is 14.4. The summed E-state index contributed by atoms with van der Waals surface area (Å²) < 4.78 is 40.4. The topological polar surface area (TPSA) is 74.7 Å². The maximum absolute atomic E-state index is 13.2. The molecule has 2 aromatic rings. The van der Waals surface area contributed by atoms with Gasteiger partial charge in [0.05, 0.1) is 10.9 Å². The van der Waals surface area contributed by atoms with Crippen LogP contribution in [0.1, 0.15) is 30.0 Å². The number of hydrogen-bond donors (Lipinski definition) is 1. The average molecular weight is 363 g/mol. The van der Waals surface area contributed by atoms with E-state index in [9.17, 15) is 22.7 Å². The second-order valence-electron chi connectivity index (χ2n) is 6.15. The van der Waals surface area contributed by atoms with Crippen molar-refractivity contribution >= 4 is 16.0 Å². The van der Waals surface area contributed by atoms with E-state index < -0.39 is 33.9 Å². The van der Waals surface area contributed by atoms with Gasteiger partial charge >= 0.3 is 5.97 Å². The highest BCUT2D eigenvalue weighted by molar-refractivity contribution is 7.89. The van der Waals surface area contributed by atoms with Crippen LogP contribution in [0.5, 0.6) is 0 Å². The van der Waals surface area contributed by atoms with Crippen LogP contribution in [-0.4, -0.2) is 29.8 Å². The molecule has 1 N–H and O–H groups in total. The monoisotopic (exact) mass is 363 g/mol. The summed E-state index contributed by atoms with van der Waals surface area (Å²) in [7, 11) is -4.00. The molecule has 3 rings (SSSR count). The number of carboxylic acids is 1. The largest absolute Gasteiger partial charge is 0.480 e. The van der Waals surface area contributed by atoms with E-state index in [2.05, 4.69) is 0 Å². The molecule has 25 heavy (non-hydrogen) atoms. The molecule has 7 heteroatoms. The molecule has 0 spiro atoms. The van der Waals surface area contributed by atoms with Gasteiger partial charge in [0.15, 0.2) is 0 Å². The van der Waals surface area contributed by atoms with E-state index in [4.69, 9.17) is 0 Å². The number of halogens is 1. The van der Waals surface area contributed by atoms with Crippen molar-refractivity contribution in [3.8, 4) is 0 Å². The summed E-state index contributed by atoms with van der Waals surface area (Å²) in [6.45, 7) is 1.84. The van der Waals surface area contributed by atoms with E-state index in [0.29, 0.717) is 12.0 Å². The number of nitrogens with zero attached hydrogens (tertiary/aromatic N) is 1. The molecule has 1 fully saturated rings. The standard InChI is InChI=1S/C18H18FNO4S/c1-12-2-8-15(9-3-12)25(23,24)20-16(10-11-17(20)18(21)22)13-4-6-14(19)7-5-13/h2-9,16-17H,10-11H2,1H3,(H,21,22)/t16-,17+/m0/s1. The molecule has 0 aliphatic carbocycles. The molecule has 2 atom stereocenters. The molecule has 0 bridgehead atoms. The van der Waals surface area contributed by atoms with E-state index >= 15 is 0 Å². The van der Waals surface area contributed by atoms with Crippen LogP contribution in [0.4, 0.5) is 4.39 Å². The second kappa shape index (κ2) is 6.57. The number of hydrogen-bond acceptors (Lipinski definition) is 3. The van der Waals surface area contributed by atoms with Crippen molar-refractivity contribution in [2.75, 3.05) is 0 Å². The summed E-state index contributed by atoms with van der Waals surface area (Å²) in [4.78, 5) is 11.7. The number of benzene rings is 2. The van der Waals surface area contributed by atoms with Crippen LogP contribution in [0, 0.1) is 12.7 Å². The highest BCUT2D eigenvalue weighted by Gasteiger charge is 2.46. The third-order valence-corrected chi connectivity index (χ3v) is 6.40. The summed E-state index contributed by atoms with van der Waals surface area (Å²) in [6.07, 6.45) is 0.580. The summed E-state index contributed by atoms with van der Waals surface area (Å²) in [5.74, 6) is -1.61. The molecule has 0 amide bonds. The molecule has 2 aromatic carbocycles. The molecule has 132 valence electrons. The number of carbonyl (C=O) groups is 1. The fraction of sp³-hybridized carbons (Fsp3) is 0.278. The van der Waals surface area contributed by atoms with Crippen LogP contribution in [0.3, 0.4) is 0 Å². The first kappa shape index (κ1) is 17.6. The van der Waals surface area contributed by atoms with Gasteiger partial charge in [0.2, 0.25) is 10.0 Å². The predicted molar refractivity (Wildman–Crippen MR) is 90.0 cm³/mol. The Hall–Kier alpha value is -2.25. The number of carboxylic acid groups (broad SMARTS) is 1. The highest BCUT2D eigenvalue weighted by Crippen LogP contribution is 2.40. The molecule has 1 aliphatic rings. The Kier molecular flexibility index (Phi) is 4.62. The number of aryl methyl sites for hydroxylation is 1.